The Morgan fingerprint density at radius 3 is 2.12 bits per heavy atom. The van der Waals surface area contributed by atoms with E-state index in [0.29, 0.717) is 35.5 Å². The zero-order chi connectivity index (χ0) is 59.6. The fourth-order valence-corrected chi connectivity index (χ4v) is 12.1. The Morgan fingerprint density at radius 2 is 1.52 bits per heavy atom. The zero-order valence-electron chi connectivity index (χ0n) is 49.4. The standard InChI is InChI=1S/C58H87Cl2N3O17/c1-17-46-58(12,80-55(69)63-21-18-22-73-45-24-38(19-20-44(45)70-14)43(65)25-39-40(59)28-62-29-41(39)60)35(7)32(4)48(66)30(2)26-56(10,71-15)51(79-54-49(67)42(61-13)23-31(3)74-54)33(5)50(34(6)53(68)77-46)78-47-27-57(11,72-16)52(36(8)75-47)76-37(9)64/h19-20,24,28-36,42,46-47,49-52,54,61,67H,17-18,21-23,25-27H2,1-16H3,(H,63,69)/t30-,31-,32-,33+,34-,35-,36+,42+,46-,47+,49-,50+,51-,52+,54+,56-,57-,58+/m1/s1. The van der Waals surface area contributed by atoms with Crippen molar-refractivity contribution in [1.82, 2.24) is 15.6 Å². The van der Waals surface area contributed by atoms with Crippen LogP contribution in [0.2, 0.25) is 10.0 Å². The first kappa shape index (κ1) is 66.6. The van der Waals surface area contributed by atoms with Crippen molar-refractivity contribution >= 4 is 52.8 Å². The highest BCUT2D eigenvalue weighted by atomic mass is 35.5. The highest BCUT2D eigenvalue weighted by Crippen LogP contribution is 2.44. The molecule has 0 spiro atoms. The predicted octanol–water partition coefficient (Wildman–Crippen LogP) is 8.28. The number of carbonyl (C=O) groups excluding carboxylic acids is 5. The number of aliphatic hydroxyl groups excluding tert-OH is 1. The Morgan fingerprint density at radius 1 is 0.875 bits per heavy atom. The summed E-state index contributed by atoms with van der Waals surface area (Å²) in [5.74, 6) is -5.04. The number of amides is 1. The zero-order valence-corrected chi connectivity index (χ0v) is 50.9. The van der Waals surface area contributed by atoms with Crippen molar-refractivity contribution < 1.29 is 81.2 Å². The second-order valence-electron chi connectivity index (χ2n) is 22.4. The summed E-state index contributed by atoms with van der Waals surface area (Å²) in [4.78, 5) is 73.6. The van der Waals surface area contributed by atoms with Crippen LogP contribution < -0.4 is 20.1 Å². The lowest BCUT2D eigenvalue weighted by atomic mass is 9.71. The lowest BCUT2D eigenvalue weighted by Gasteiger charge is -2.50. The molecule has 3 aliphatic heterocycles. The van der Waals surface area contributed by atoms with Crippen molar-refractivity contribution in [1.29, 1.82) is 0 Å². The molecular weight excluding hydrogens is 1080 g/mol. The van der Waals surface area contributed by atoms with Gasteiger partial charge in [-0.05, 0) is 92.5 Å². The van der Waals surface area contributed by atoms with Gasteiger partial charge in [0.25, 0.3) is 0 Å². The van der Waals surface area contributed by atoms with E-state index in [4.69, 9.17) is 75.3 Å². The molecule has 0 radical (unpaired) electrons. The molecule has 80 heavy (non-hydrogen) atoms. The topological polar surface area (TPSA) is 244 Å². The Kier molecular flexibility index (Phi) is 24.0. The van der Waals surface area contributed by atoms with Crippen LogP contribution in [0, 0.1) is 29.6 Å². The summed E-state index contributed by atoms with van der Waals surface area (Å²) in [6, 6.07) is 4.41. The number of nitrogens with zero attached hydrogens (tertiary/aromatic N) is 1. The predicted molar refractivity (Wildman–Crippen MR) is 297 cm³/mol. The van der Waals surface area contributed by atoms with Gasteiger partial charge in [0.1, 0.15) is 23.6 Å². The number of benzene rings is 1. The second kappa shape index (κ2) is 28.9. The molecule has 3 fully saturated rings. The SMILES string of the molecule is CC[C@H]1OC(=O)[C@H](C)[C@@H](O[C@H]2C[C@@](C)(OC)[C@@H](OC(C)=O)[C@H](C)O2)[C@H](C)[C@@H](O[C@@H]2O[C@H](C)C[C@H](NC)[C@H]2O)[C@](C)(OC)C[C@@H](C)C(=O)[C@H](C)[C@@H](C)[C@]1(C)OC(=O)NCCCOc1cc(C(=O)Cc2c(Cl)cncc2Cl)ccc1OC. The Hall–Kier alpha value is -4.22. The lowest BCUT2D eigenvalue weighted by Crippen LogP contribution is -2.61. The van der Waals surface area contributed by atoms with E-state index in [1.807, 2.05) is 27.7 Å². The molecule has 1 amide bonds. The van der Waals surface area contributed by atoms with E-state index in [9.17, 15) is 24.3 Å². The number of nitrogens with one attached hydrogen (secondary N) is 2. The van der Waals surface area contributed by atoms with Crippen LogP contribution in [0.5, 0.6) is 11.5 Å². The van der Waals surface area contributed by atoms with Crippen molar-refractivity contribution in [3.05, 3.63) is 51.8 Å². The first-order chi connectivity index (χ1) is 37.6. The Bertz CT molecular complexity index is 2420. The van der Waals surface area contributed by atoms with E-state index in [-0.39, 0.29) is 72.6 Å². The number of ether oxygens (including phenoxy) is 11. The van der Waals surface area contributed by atoms with Crippen LogP contribution in [0.25, 0.3) is 0 Å². The highest BCUT2D eigenvalue weighted by Gasteiger charge is 2.55. The summed E-state index contributed by atoms with van der Waals surface area (Å²) in [6.45, 7) is 21.1. The minimum atomic E-state index is -1.59. The molecule has 18 atom stereocenters. The maximum atomic E-state index is 15.1. The van der Waals surface area contributed by atoms with E-state index in [2.05, 4.69) is 15.6 Å². The number of esters is 2. The number of pyridine rings is 1. The molecule has 3 saturated heterocycles. The monoisotopic (exact) mass is 1170 g/mol. The number of alkyl carbamates (subject to hydrolysis) is 1. The van der Waals surface area contributed by atoms with Crippen LogP contribution in [0.4, 0.5) is 4.79 Å². The normalized spacial score (nSPS) is 35.5. The molecule has 0 saturated carbocycles. The number of aromatic nitrogens is 1. The minimum Gasteiger partial charge on any atom is -0.493 e. The van der Waals surface area contributed by atoms with E-state index < -0.39 is 114 Å². The number of methoxy groups -OCH3 is 3. The van der Waals surface area contributed by atoms with Crippen LogP contribution in [0.3, 0.4) is 0 Å². The number of Topliss-reactive ketones (excluding diaryl/α,β-unsaturated/α-hetero) is 2. The van der Waals surface area contributed by atoms with Gasteiger partial charge in [-0.25, -0.2) is 4.79 Å². The number of ketones is 2. The minimum absolute atomic E-state index is 0.0675. The van der Waals surface area contributed by atoms with E-state index in [0.717, 1.165) is 0 Å². The largest absolute Gasteiger partial charge is 0.493 e. The van der Waals surface area contributed by atoms with Gasteiger partial charge in [0.2, 0.25) is 0 Å². The molecular formula is C58H87Cl2N3O17. The van der Waals surface area contributed by atoms with E-state index in [1.165, 1.54) is 40.6 Å². The fraction of sp³-hybridized carbons (Fsp3) is 0.724. The van der Waals surface area contributed by atoms with E-state index >= 15 is 4.79 Å². The third-order valence-electron chi connectivity index (χ3n) is 16.8. The second-order valence-corrected chi connectivity index (χ2v) is 23.3. The Labute approximate surface area is 481 Å². The number of likely N-dealkylation sites (N-methyl/N-ethyl adjacent to an activating group) is 1. The number of carbonyl (C=O) groups is 5. The van der Waals surface area contributed by atoms with Gasteiger partial charge in [0.05, 0.1) is 59.7 Å². The lowest BCUT2D eigenvalue weighted by molar-refractivity contribution is -0.318. The van der Waals surface area contributed by atoms with Gasteiger partial charge < -0.3 is 67.8 Å². The van der Waals surface area contributed by atoms with Gasteiger partial charge in [-0.2, -0.15) is 0 Å². The maximum absolute atomic E-state index is 15.1. The molecule has 2 aromatic rings. The van der Waals surface area contributed by atoms with Crippen LogP contribution in [0.15, 0.2) is 30.6 Å². The number of cyclic esters (lactones) is 1. The number of hydrogen-bond acceptors (Lipinski definition) is 19. The molecule has 0 bridgehead atoms. The molecule has 22 heteroatoms. The molecule has 3 aliphatic rings. The van der Waals surface area contributed by atoms with Gasteiger partial charge in [-0.3, -0.25) is 24.2 Å². The molecule has 3 N–H and O–H groups in total. The molecule has 5 rings (SSSR count). The number of halogens is 2. The van der Waals surface area contributed by atoms with E-state index in [1.54, 1.807) is 73.7 Å². The third kappa shape index (κ3) is 15.7. The third-order valence-corrected chi connectivity index (χ3v) is 17.4. The van der Waals surface area contributed by atoms with Crippen molar-refractivity contribution in [3.8, 4) is 11.5 Å². The smallest absolute Gasteiger partial charge is 0.407 e. The number of hydrogen-bond donors (Lipinski definition) is 3. The van der Waals surface area contributed by atoms with Crippen molar-refractivity contribution in [2.24, 2.45) is 29.6 Å². The average molecular weight is 1170 g/mol. The molecule has 0 aliphatic carbocycles. The first-order valence-electron chi connectivity index (χ1n) is 27.7. The Balaban J connectivity index is 1.44. The molecule has 1 aromatic carbocycles. The molecule has 20 nitrogen and oxygen atoms in total. The van der Waals surface area contributed by atoms with Crippen LogP contribution in [-0.2, 0) is 63.4 Å². The summed E-state index contributed by atoms with van der Waals surface area (Å²) in [5, 5.41) is 18.2. The fourth-order valence-electron chi connectivity index (χ4n) is 11.6. The first-order valence-corrected chi connectivity index (χ1v) is 28.4. The summed E-state index contributed by atoms with van der Waals surface area (Å²) >= 11 is 12.6. The van der Waals surface area contributed by atoms with Crippen LogP contribution in [-0.4, -0.2) is 159 Å². The maximum Gasteiger partial charge on any atom is 0.407 e. The number of aliphatic hydroxyl groups is 1. The highest BCUT2D eigenvalue weighted by molar-refractivity contribution is 6.36. The molecule has 0 unspecified atom stereocenters. The van der Waals surface area contributed by atoms with Crippen molar-refractivity contribution in [3.63, 3.8) is 0 Å². The molecule has 450 valence electrons. The summed E-state index contributed by atoms with van der Waals surface area (Å²) < 4.78 is 69.2. The van der Waals surface area contributed by atoms with Gasteiger partial charge in [0.15, 0.2) is 41.6 Å². The molecule has 4 heterocycles. The van der Waals surface area contributed by atoms with Crippen molar-refractivity contribution in [2.45, 2.75) is 200 Å². The van der Waals surface area contributed by atoms with Gasteiger partial charge in [-0.15, -0.1) is 0 Å². The summed E-state index contributed by atoms with van der Waals surface area (Å²) in [7, 11) is 6.25. The van der Waals surface area contributed by atoms with Gasteiger partial charge in [0, 0.05) is 93.8 Å². The van der Waals surface area contributed by atoms with Gasteiger partial charge in [-0.1, -0.05) is 57.8 Å². The van der Waals surface area contributed by atoms with Crippen LogP contribution in [0.1, 0.15) is 131 Å². The molecule has 1 aromatic heterocycles. The quantitative estimate of drug-likeness (QED) is 0.0518. The summed E-state index contributed by atoms with van der Waals surface area (Å²) in [6.07, 6.45) is -5.26. The van der Waals surface area contributed by atoms with Crippen molar-refractivity contribution in [2.75, 3.05) is 41.5 Å². The van der Waals surface area contributed by atoms with Gasteiger partial charge >= 0.3 is 18.0 Å². The summed E-state index contributed by atoms with van der Waals surface area (Å²) in [5.41, 5.74) is -3.19. The average Bonchev–Trinajstić information content (AvgIpc) is 3.48. The van der Waals surface area contributed by atoms with Crippen LogP contribution >= 0.6 is 23.2 Å². The number of rotatable bonds is 19.